The molecule has 3 amide bonds. The van der Waals surface area contributed by atoms with Crippen LogP contribution in [-0.4, -0.2) is 63.2 Å². The summed E-state index contributed by atoms with van der Waals surface area (Å²) in [6.07, 6.45) is 2.00. The van der Waals surface area contributed by atoms with Crippen LogP contribution in [0.2, 0.25) is 0 Å². The van der Waals surface area contributed by atoms with Gasteiger partial charge in [-0.3, -0.25) is 14.4 Å². The van der Waals surface area contributed by atoms with E-state index in [9.17, 15) is 19.5 Å². The van der Waals surface area contributed by atoms with E-state index in [1.165, 1.54) is 4.90 Å². The highest BCUT2D eigenvalue weighted by Crippen LogP contribution is 2.64. The first-order valence-corrected chi connectivity index (χ1v) is 13.9. The number of carbonyl (C=O) groups is 3. The number of ether oxygens (including phenoxy) is 1. The first-order chi connectivity index (χ1) is 18.5. The molecule has 2 aromatic rings. The van der Waals surface area contributed by atoms with Crippen LogP contribution >= 0.6 is 0 Å². The van der Waals surface area contributed by atoms with Crippen molar-refractivity contribution in [1.82, 2.24) is 10.2 Å². The summed E-state index contributed by atoms with van der Waals surface area (Å²) in [4.78, 5) is 43.9. The number of nitrogens with one attached hydrogen (secondary N) is 2. The molecule has 3 aliphatic heterocycles. The van der Waals surface area contributed by atoms with E-state index in [-0.39, 0.29) is 24.3 Å². The maximum atomic E-state index is 14.4. The lowest BCUT2D eigenvalue weighted by atomic mass is 9.65. The Morgan fingerprint density at radius 3 is 2.28 bits per heavy atom. The third kappa shape index (κ3) is 4.63. The van der Waals surface area contributed by atoms with E-state index in [4.69, 9.17) is 4.74 Å². The number of hydrogen-bond acceptors (Lipinski definition) is 5. The van der Waals surface area contributed by atoms with Gasteiger partial charge in [-0.05, 0) is 64.2 Å². The van der Waals surface area contributed by atoms with Crippen molar-refractivity contribution in [2.24, 2.45) is 11.8 Å². The zero-order valence-corrected chi connectivity index (χ0v) is 23.1. The number of aliphatic hydroxyl groups excluding tert-OH is 1. The Labute approximate surface area is 230 Å². The minimum atomic E-state index is -1.15. The second-order valence-corrected chi connectivity index (χ2v) is 12.2. The van der Waals surface area contributed by atoms with Crippen molar-refractivity contribution in [3.63, 3.8) is 0 Å². The molecule has 5 rings (SSSR count). The molecule has 8 heteroatoms. The van der Waals surface area contributed by atoms with Gasteiger partial charge >= 0.3 is 0 Å². The van der Waals surface area contributed by atoms with Crippen LogP contribution < -0.4 is 10.6 Å². The van der Waals surface area contributed by atoms with Crippen molar-refractivity contribution in [1.29, 1.82) is 0 Å². The van der Waals surface area contributed by atoms with Gasteiger partial charge in [0.15, 0.2) is 0 Å². The van der Waals surface area contributed by atoms with Gasteiger partial charge in [0.05, 0.1) is 30.1 Å². The fourth-order valence-corrected chi connectivity index (χ4v) is 7.06. The van der Waals surface area contributed by atoms with E-state index < -0.39 is 40.7 Å². The van der Waals surface area contributed by atoms with E-state index in [0.29, 0.717) is 31.4 Å². The van der Waals surface area contributed by atoms with Crippen molar-refractivity contribution in [3.8, 4) is 0 Å². The van der Waals surface area contributed by atoms with Gasteiger partial charge in [-0.1, -0.05) is 55.5 Å². The molecule has 2 aromatic carbocycles. The Bertz CT molecular complexity index is 1230. The van der Waals surface area contributed by atoms with Gasteiger partial charge in [-0.15, -0.1) is 0 Å². The molecule has 3 N–H and O–H groups in total. The zero-order chi connectivity index (χ0) is 28.0. The highest BCUT2D eigenvalue weighted by Gasteiger charge is 2.79. The van der Waals surface area contributed by atoms with E-state index in [0.717, 1.165) is 5.56 Å². The second kappa shape index (κ2) is 10.1. The molecule has 6 atom stereocenters. The van der Waals surface area contributed by atoms with Gasteiger partial charge in [0, 0.05) is 11.2 Å². The Balaban J connectivity index is 1.57. The summed E-state index contributed by atoms with van der Waals surface area (Å²) in [5.41, 5.74) is -0.933. The zero-order valence-electron chi connectivity index (χ0n) is 23.1. The molecule has 208 valence electrons. The molecule has 0 saturated carbocycles. The van der Waals surface area contributed by atoms with Crippen LogP contribution in [0.1, 0.15) is 52.5 Å². The van der Waals surface area contributed by atoms with Crippen LogP contribution in [-0.2, 0) is 25.5 Å². The highest BCUT2D eigenvalue weighted by molar-refractivity contribution is 6.02. The van der Waals surface area contributed by atoms with Crippen molar-refractivity contribution in [2.45, 2.75) is 82.2 Å². The largest absolute Gasteiger partial charge is 0.394 e. The van der Waals surface area contributed by atoms with Crippen molar-refractivity contribution >= 4 is 23.4 Å². The monoisotopic (exact) mass is 533 g/mol. The number of rotatable bonds is 8. The number of fused-ring (bicyclic) bond motifs is 1. The third-order valence-corrected chi connectivity index (χ3v) is 8.61. The van der Waals surface area contributed by atoms with Crippen LogP contribution in [0, 0.1) is 11.8 Å². The van der Waals surface area contributed by atoms with Gasteiger partial charge in [-0.25, -0.2) is 0 Å². The molecule has 0 aliphatic carbocycles. The Morgan fingerprint density at radius 2 is 1.69 bits per heavy atom. The van der Waals surface area contributed by atoms with Crippen molar-refractivity contribution in [3.05, 3.63) is 66.2 Å². The maximum absolute atomic E-state index is 14.4. The van der Waals surface area contributed by atoms with Gasteiger partial charge < -0.3 is 25.4 Å². The smallest absolute Gasteiger partial charge is 0.246 e. The topological polar surface area (TPSA) is 108 Å². The normalized spacial score (nSPS) is 30.2. The van der Waals surface area contributed by atoms with Gasteiger partial charge in [-0.2, -0.15) is 0 Å². The highest BCUT2D eigenvalue weighted by atomic mass is 16.5. The number of amides is 3. The number of carbonyl (C=O) groups excluding carboxylic acids is 3. The fraction of sp³-hybridized carbons (Fsp3) is 0.516. The molecule has 3 heterocycles. The lowest BCUT2D eigenvalue weighted by Crippen LogP contribution is -2.60. The van der Waals surface area contributed by atoms with Crippen LogP contribution in [0.15, 0.2) is 60.7 Å². The van der Waals surface area contributed by atoms with E-state index in [1.54, 1.807) is 0 Å². The summed E-state index contributed by atoms with van der Waals surface area (Å²) >= 11 is 0. The van der Waals surface area contributed by atoms with Crippen LogP contribution in [0.25, 0.3) is 0 Å². The third-order valence-electron chi connectivity index (χ3n) is 8.61. The van der Waals surface area contributed by atoms with Crippen LogP contribution in [0.5, 0.6) is 0 Å². The van der Waals surface area contributed by atoms with Gasteiger partial charge in [0.1, 0.15) is 11.6 Å². The van der Waals surface area contributed by atoms with E-state index in [1.807, 2.05) is 88.4 Å². The molecule has 3 fully saturated rings. The lowest BCUT2D eigenvalue weighted by Gasteiger charge is -2.38. The molecule has 39 heavy (non-hydrogen) atoms. The molecule has 3 aliphatic rings. The van der Waals surface area contributed by atoms with Gasteiger partial charge in [0.25, 0.3) is 0 Å². The summed E-state index contributed by atoms with van der Waals surface area (Å²) in [6, 6.07) is 17.2. The predicted molar refractivity (Wildman–Crippen MR) is 148 cm³/mol. The minimum Gasteiger partial charge on any atom is -0.394 e. The molecule has 8 nitrogen and oxygen atoms in total. The number of aliphatic hydroxyl groups is 1. The summed E-state index contributed by atoms with van der Waals surface area (Å²) in [7, 11) is 0. The number of anilines is 1. The van der Waals surface area contributed by atoms with Crippen molar-refractivity contribution in [2.75, 3.05) is 11.9 Å². The van der Waals surface area contributed by atoms with E-state index in [2.05, 4.69) is 10.6 Å². The standard InChI is InChI=1S/C31H39N3O5/c1-5-30-16-17-31(39-30)24(23(30)26(36)32-21-14-10-7-11-15-21)28(38)34(25(31)27(37)33-29(2,3)4)22(19-35)18-20-12-8-6-9-13-20/h6-15,22-25,35H,5,16-19H2,1-4H3,(H,32,36)(H,33,37)/t22-,23-,24+,25?,30+,31?/m1/s1. The lowest BCUT2D eigenvalue weighted by molar-refractivity contribution is -0.150. The maximum Gasteiger partial charge on any atom is 0.246 e. The molecule has 0 aromatic heterocycles. The molecule has 2 unspecified atom stereocenters. The number of nitrogens with zero attached hydrogens (tertiary/aromatic N) is 1. The average molecular weight is 534 g/mol. The number of hydrogen-bond donors (Lipinski definition) is 3. The van der Waals surface area contributed by atoms with Crippen molar-refractivity contribution < 1.29 is 24.2 Å². The molecule has 2 bridgehead atoms. The SMILES string of the molecule is CC[C@@]12CCC3(O1)C(C(=O)NC(C)(C)C)N([C@@H](CO)Cc1ccccc1)C(=O)[C@@H]3[C@@H]2C(=O)Nc1ccccc1. The molecular weight excluding hydrogens is 494 g/mol. The summed E-state index contributed by atoms with van der Waals surface area (Å²) in [5.74, 6) is -2.48. The quantitative estimate of drug-likeness (QED) is 0.483. The summed E-state index contributed by atoms with van der Waals surface area (Å²) in [6.45, 7) is 7.34. The number of likely N-dealkylation sites (tertiary alicyclic amines) is 1. The minimum absolute atomic E-state index is 0.275. The Kier molecular flexibility index (Phi) is 7.06. The molecule has 1 spiro atoms. The molecule has 3 saturated heterocycles. The molecular formula is C31H39N3O5. The second-order valence-electron chi connectivity index (χ2n) is 12.2. The Hall–Kier alpha value is -3.23. The summed E-state index contributed by atoms with van der Waals surface area (Å²) in [5, 5.41) is 16.6. The fourth-order valence-electron chi connectivity index (χ4n) is 7.06. The van der Waals surface area contributed by atoms with Gasteiger partial charge in [0.2, 0.25) is 17.7 Å². The number of para-hydroxylation sites is 1. The van der Waals surface area contributed by atoms with Crippen LogP contribution in [0.4, 0.5) is 5.69 Å². The first kappa shape index (κ1) is 27.3. The predicted octanol–water partition coefficient (Wildman–Crippen LogP) is 3.30. The average Bonchev–Trinajstić information content (AvgIpc) is 3.51. The number of benzene rings is 2. The Morgan fingerprint density at radius 1 is 1.05 bits per heavy atom. The first-order valence-electron chi connectivity index (χ1n) is 13.9. The van der Waals surface area contributed by atoms with E-state index >= 15 is 0 Å². The molecule has 0 radical (unpaired) electrons. The summed E-state index contributed by atoms with van der Waals surface area (Å²) < 4.78 is 6.82. The van der Waals surface area contributed by atoms with Crippen LogP contribution in [0.3, 0.4) is 0 Å².